The van der Waals surface area contributed by atoms with Crippen molar-refractivity contribution in [3.63, 3.8) is 0 Å². The van der Waals surface area contributed by atoms with E-state index in [0.29, 0.717) is 30.4 Å². The minimum Gasteiger partial charge on any atom is -0.440 e. The standard InChI is InChI=1S/C17H17N5O3/c23-16(14-8-22(21-20-14)12-5-6-24-9-12)18-11-3-4-13-15(7-11)25-17(19-13)10-1-2-10/h3-4,7-8,10,12H,1-2,5-6,9H2,(H,18,23). The third kappa shape index (κ3) is 2.78. The van der Waals surface area contributed by atoms with E-state index in [0.717, 1.165) is 30.7 Å². The number of hydrogen-bond donors (Lipinski definition) is 1. The zero-order valence-corrected chi connectivity index (χ0v) is 13.5. The Morgan fingerprint density at radius 2 is 2.20 bits per heavy atom. The molecule has 1 aliphatic carbocycles. The Morgan fingerprint density at radius 1 is 1.28 bits per heavy atom. The Kier molecular flexibility index (Phi) is 3.30. The molecule has 3 aromatic rings. The smallest absolute Gasteiger partial charge is 0.277 e. The molecule has 0 spiro atoms. The van der Waals surface area contributed by atoms with Crippen LogP contribution in [0.4, 0.5) is 5.69 Å². The molecule has 1 unspecified atom stereocenters. The summed E-state index contributed by atoms with van der Waals surface area (Å²) >= 11 is 0. The molecular formula is C17H17N5O3. The van der Waals surface area contributed by atoms with Crippen LogP contribution in [0.25, 0.3) is 11.1 Å². The molecule has 8 nitrogen and oxygen atoms in total. The zero-order valence-electron chi connectivity index (χ0n) is 13.5. The van der Waals surface area contributed by atoms with Crippen LogP contribution in [0.3, 0.4) is 0 Å². The van der Waals surface area contributed by atoms with E-state index < -0.39 is 0 Å². The highest BCUT2D eigenvalue weighted by Crippen LogP contribution is 2.40. The number of hydrogen-bond acceptors (Lipinski definition) is 6. The number of carbonyl (C=O) groups excluding carboxylic acids is 1. The van der Waals surface area contributed by atoms with Crippen LogP contribution in [0.15, 0.2) is 28.8 Å². The van der Waals surface area contributed by atoms with Crippen molar-refractivity contribution in [2.45, 2.75) is 31.2 Å². The van der Waals surface area contributed by atoms with Crippen LogP contribution in [0.1, 0.15) is 47.6 Å². The maximum Gasteiger partial charge on any atom is 0.277 e. The summed E-state index contributed by atoms with van der Waals surface area (Å²) < 4.78 is 12.8. The van der Waals surface area contributed by atoms with Crippen molar-refractivity contribution >= 4 is 22.7 Å². The normalized spacial score (nSPS) is 20.2. The summed E-state index contributed by atoms with van der Waals surface area (Å²) in [5, 5.41) is 10.8. The monoisotopic (exact) mass is 339 g/mol. The van der Waals surface area contributed by atoms with Crippen LogP contribution in [0, 0.1) is 0 Å². The van der Waals surface area contributed by atoms with Gasteiger partial charge in [0, 0.05) is 24.3 Å². The van der Waals surface area contributed by atoms with Gasteiger partial charge < -0.3 is 14.5 Å². The van der Waals surface area contributed by atoms with Gasteiger partial charge in [-0.3, -0.25) is 4.79 Å². The fraction of sp³-hybridized carbons (Fsp3) is 0.412. The van der Waals surface area contributed by atoms with Gasteiger partial charge >= 0.3 is 0 Å². The molecule has 8 heteroatoms. The highest BCUT2D eigenvalue weighted by molar-refractivity contribution is 6.03. The van der Waals surface area contributed by atoms with Crippen LogP contribution in [0.2, 0.25) is 0 Å². The number of anilines is 1. The van der Waals surface area contributed by atoms with Crippen molar-refractivity contribution < 1.29 is 13.9 Å². The first-order valence-electron chi connectivity index (χ1n) is 8.48. The topological polar surface area (TPSA) is 95.1 Å². The predicted molar refractivity (Wildman–Crippen MR) is 88.4 cm³/mol. The molecule has 3 heterocycles. The molecule has 128 valence electrons. The lowest BCUT2D eigenvalue weighted by Gasteiger charge is -2.05. The van der Waals surface area contributed by atoms with Gasteiger partial charge in [0.15, 0.2) is 17.2 Å². The second-order valence-corrected chi connectivity index (χ2v) is 6.56. The summed E-state index contributed by atoms with van der Waals surface area (Å²) in [5.41, 5.74) is 2.43. The van der Waals surface area contributed by atoms with E-state index in [1.165, 1.54) is 0 Å². The van der Waals surface area contributed by atoms with Gasteiger partial charge in [-0.25, -0.2) is 9.67 Å². The van der Waals surface area contributed by atoms with Crippen LogP contribution < -0.4 is 5.32 Å². The number of aromatic nitrogens is 4. The summed E-state index contributed by atoms with van der Waals surface area (Å²) in [6.07, 6.45) is 4.82. The van der Waals surface area contributed by atoms with Crippen molar-refractivity contribution in [2.24, 2.45) is 0 Å². The number of amides is 1. The van der Waals surface area contributed by atoms with Crippen LogP contribution >= 0.6 is 0 Å². The molecule has 1 saturated heterocycles. The number of ether oxygens (including phenoxy) is 1. The molecule has 0 bridgehead atoms. The Labute approximate surface area is 143 Å². The number of nitrogens with zero attached hydrogens (tertiary/aromatic N) is 4. The first-order chi connectivity index (χ1) is 12.3. The van der Waals surface area contributed by atoms with Gasteiger partial charge in [0.2, 0.25) is 0 Å². The highest BCUT2D eigenvalue weighted by atomic mass is 16.5. The summed E-state index contributed by atoms with van der Waals surface area (Å²) in [6, 6.07) is 5.61. The molecule has 1 atom stereocenters. The van der Waals surface area contributed by atoms with Gasteiger partial charge in [-0.05, 0) is 31.4 Å². The van der Waals surface area contributed by atoms with E-state index in [9.17, 15) is 4.79 Å². The lowest BCUT2D eigenvalue weighted by atomic mass is 10.2. The molecule has 2 fully saturated rings. The van der Waals surface area contributed by atoms with Crippen molar-refractivity contribution in [3.05, 3.63) is 36.0 Å². The van der Waals surface area contributed by atoms with Crippen molar-refractivity contribution in [3.8, 4) is 0 Å². The molecule has 1 aromatic carbocycles. The number of fused-ring (bicyclic) bond motifs is 1. The molecule has 1 aliphatic heterocycles. The Hall–Kier alpha value is -2.74. The lowest BCUT2D eigenvalue weighted by Crippen LogP contribution is -2.12. The number of rotatable bonds is 4. The largest absolute Gasteiger partial charge is 0.440 e. The Morgan fingerprint density at radius 3 is 3.00 bits per heavy atom. The van der Waals surface area contributed by atoms with Gasteiger partial charge in [-0.1, -0.05) is 5.21 Å². The number of oxazole rings is 1. The average molecular weight is 339 g/mol. The van der Waals surface area contributed by atoms with Crippen molar-refractivity contribution in [1.29, 1.82) is 0 Å². The van der Waals surface area contributed by atoms with E-state index in [4.69, 9.17) is 9.15 Å². The highest BCUT2D eigenvalue weighted by Gasteiger charge is 2.29. The van der Waals surface area contributed by atoms with E-state index >= 15 is 0 Å². The van der Waals surface area contributed by atoms with E-state index in [-0.39, 0.29) is 17.6 Å². The third-order valence-corrected chi connectivity index (χ3v) is 4.61. The second-order valence-electron chi connectivity index (χ2n) is 6.56. The second kappa shape index (κ2) is 5.66. The van der Waals surface area contributed by atoms with Gasteiger partial charge in [0.25, 0.3) is 5.91 Å². The minimum absolute atomic E-state index is 0.153. The molecule has 0 radical (unpaired) electrons. The molecular weight excluding hydrogens is 322 g/mol. The van der Waals surface area contributed by atoms with Crippen LogP contribution in [0.5, 0.6) is 0 Å². The molecule has 1 saturated carbocycles. The predicted octanol–water partition coefficient (Wildman–Crippen LogP) is 2.51. The number of carbonyl (C=O) groups is 1. The van der Waals surface area contributed by atoms with Gasteiger partial charge in [-0.2, -0.15) is 0 Å². The SMILES string of the molecule is O=C(Nc1ccc2nc(C3CC3)oc2c1)c1cn(C2CCOC2)nn1. The third-order valence-electron chi connectivity index (χ3n) is 4.61. The van der Waals surface area contributed by atoms with Crippen LogP contribution in [-0.2, 0) is 4.74 Å². The molecule has 1 amide bonds. The summed E-state index contributed by atoms with van der Waals surface area (Å²) in [6.45, 7) is 1.32. The number of nitrogens with one attached hydrogen (secondary N) is 1. The lowest BCUT2D eigenvalue weighted by molar-refractivity contribution is 0.102. The van der Waals surface area contributed by atoms with Crippen molar-refractivity contribution in [2.75, 3.05) is 18.5 Å². The first kappa shape index (κ1) is 14.6. The molecule has 5 rings (SSSR count). The molecule has 2 aromatic heterocycles. The van der Waals surface area contributed by atoms with E-state index in [2.05, 4.69) is 20.6 Å². The molecule has 1 N–H and O–H groups in total. The number of benzene rings is 1. The minimum atomic E-state index is -0.300. The Bertz CT molecular complexity index is 937. The van der Waals surface area contributed by atoms with Gasteiger partial charge in [-0.15, -0.1) is 5.10 Å². The molecule has 25 heavy (non-hydrogen) atoms. The maximum atomic E-state index is 12.4. The van der Waals surface area contributed by atoms with E-state index in [1.54, 1.807) is 16.9 Å². The summed E-state index contributed by atoms with van der Waals surface area (Å²) in [5.74, 6) is 0.951. The van der Waals surface area contributed by atoms with Gasteiger partial charge in [0.1, 0.15) is 5.52 Å². The summed E-state index contributed by atoms with van der Waals surface area (Å²) in [7, 11) is 0. The fourth-order valence-corrected chi connectivity index (χ4v) is 3.01. The maximum absolute atomic E-state index is 12.4. The zero-order chi connectivity index (χ0) is 16.8. The fourth-order valence-electron chi connectivity index (χ4n) is 3.01. The van der Waals surface area contributed by atoms with Crippen molar-refractivity contribution in [1.82, 2.24) is 20.0 Å². The summed E-state index contributed by atoms with van der Waals surface area (Å²) in [4.78, 5) is 16.9. The molecule has 2 aliphatic rings. The quantitative estimate of drug-likeness (QED) is 0.785. The van der Waals surface area contributed by atoms with E-state index in [1.807, 2.05) is 12.1 Å². The Balaban J connectivity index is 1.33. The van der Waals surface area contributed by atoms with Gasteiger partial charge in [0.05, 0.1) is 18.8 Å². The van der Waals surface area contributed by atoms with Crippen LogP contribution in [-0.4, -0.2) is 39.1 Å². The average Bonchev–Trinajstić information content (AvgIpc) is 3.06. The first-order valence-corrected chi connectivity index (χ1v) is 8.48.